The molecule has 2 rings (SSSR count). The molecule has 2 aromatic carbocycles. The van der Waals surface area contributed by atoms with Gasteiger partial charge in [-0.1, -0.05) is 12.1 Å². The first-order valence-electron chi connectivity index (χ1n) is 9.06. The van der Waals surface area contributed by atoms with Crippen LogP contribution in [0.5, 0.6) is 11.5 Å². The highest BCUT2D eigenvalue weighted by Crippen LogP contribution is 2.22. The molecule has 7 nitrogen and oxygen atoms in total. The summed E-state index contributed by atoms with van der Waals surface area (Å²) < 4.78 is 10.9. The molecule has 0 unspecified atom stereocenters. The van der Waals surface area contributed by atoms with Crippen molar-refractivity contribution in [1.29, 1.82) is 0 Å². The minimum absolute atomic E-state index is 0.261. The summed E-state index contributed by atoms with van der Waals surface area (Å²) in [5, 5.41) is 5.34. The molecule has 0 spiro atoms. The van der Waals surface area contributed by atoms with Crippen molar-refractivity contribution in [3.05, 3.63) is 53.6 Å². The van der Waals surface area contributed by atoms with Crippen molar-refractivity contribution in [2.75, 3.05) is 39.7 Å². The first-order chi connectivity index (χ1) is 13.4. The van der Waals surface area contributed by atoms with E-state index in [1.807, 2.05) is 31.2 Å². The molecule has 2 N–H and O–H groups in total. The lowest BCUT2D eigenvalue weighted by Gasteiger charge is -2.19. The van der Waals surface area contributed by atoms with Crippen LogP contribution in [0.3, 0.4) is 0 Å². The molecule has 0 atom stereocenters. The van der Waals surface area contributed by atoms with Gasteiger partial charge in [-0.15, -0.1) is 0 Å². The monoisotopic (exact) mass is 385 g/mol. The molecule has 150 valence electrons. The highest BCUT2D eigenvalue weighted by molar-refractivity contribution is 5.99. The minimum atomic E-state index is -0.283. The highest BCUT2D eigenvalue weighted by atomic mass is 16.5. The lowest BCUT2D eigenvalue weighted by molar-refractivity contribution is 0.0960. The van der Waals surface area contributed by atoms with E-state index in [2.05, 4.69) is 10.6 Å². The normalized spacial score (nSPS) is 10.1. The van der Waals surface area contributed by atoms with Crippen LogP contribution < -0.4 is 20.1 Å². The third-order valence-electron chi connectivity index (χ3n) is 4.17. The molecule has 0 fully saturated rings. The number of hydrogen-bond acceptors (Lipinski definition) is 4. The van der Waals surface area contributed by atoms with Crippen LogP contribution in [-0.2, 0) is 0 Å². The third kappa shape index (κ3) is 5.90. The second-order valence-corrected chi connectivity index (χ2v) is 6.36. The summed E-state index contributed by atoms with van der Waals surface area (Å²) in [6, 6.07) is 12.5. The van der Waals surface area contributed by atoms with Gasteiger partial charge >= 0.3 is 6.03 Å². The third-order valence-corrected chi connectivity index (χ3v) is 4.17. The Morgan fingerprint density at radius 2 is 1.93 bits per heavy atom. The fourth-order valence-electron chi connectivity index (χ4n) is 2.62. The lowest BCUT2D eigenvalue weighted by atomic mass is 10.1. The van der Waals surface area contributed by atoms with E-state index in [0.29, 0.717) is 36.6 Å². The van der Waals surface area contributed by atoms with Crippen molar-refractivity contribution in [2.24, 2.45) is 0 Å². The van der Waals surface area contributed by atoms with Crippen molar-refractivity contribution in [1.82, 2.24) is 10.2 Å². The number of methoxy groups -OCH3 is 1. The van der Waals surface area contributed by atoms with Crippen molar-refractivity contribution in [2.45, 2.75) is 13.3 Å². The van der Waals surface area contributed by atoms with Gasteiger partial charge in [0.1, 0.15) is 11.5 Å². The van der Waals surface area contributed by atoms with Crippen molar-refractivity contribution in [3.8, 4) is 11.5 Å². The Labute approximate surface area is 165 Å². The van der Waals surface area contributed by atoms with Gasteiger partial charge in [-0.2, -0.15) is 0 Å². The predicted molar refractivity (Wildman–Crippen MR) is 109 cm³/mol. The van der Waals surface area contributed by atoms with E-state index in [-0.39, 0.29) is 11.9 Å². The number of nitrogens with one attached hydrogen (secondary N) is 2. The van der Waals surface area contributed by atoms with E-state index in [1.54, 1.807) is 37.2 Å². The molecule has 0 aliphatic rings. The number of anilines is 1. The quantitative estimate of drug-likeness (QED) is 0.684. The van der Waals surface area contributed by atoms with Crippen molar-refractivity contribution >= 4 is 17.6 Å². The highest BCUT2D eigenvalue weighted by Gasteiger charge is 2.14. The summed E-state index contributed by atoms with van der Waals surface area (Å²) >= 11 is 0. The predicted octanol–water partition coefficient (Wildman–Crippen LogP) is 3.30. The van der Waals surface area contributed by atoms with Crippen LogP contribution in [0.25, 0.3) is 0 Å². The second kappa shape index (κ2) is 10.2. The molecular formula is C21H27N3O4. The van der Waals surface area contributed by atoms with Crippen LogP contribution in [0.1, 0.15) is 22.3 Å². The van der Waals surface area contributed by atoms with Crippen molar-refractivity contribution < 1.29 is 19.1 Å². The Morgan fingerprint density at radius 1 is 1.14 bits per heavy atom. The Kier molecular flexibility index (Phi) is 7.68. The average Bonchev–Trinajstić information content (AvgIpc) is 2.70. The molecule has 0 aliphatic carbocycles. The molecule has 0 aromatic heterocycles. The molecule has 0 saturated heterocycles. The van der Waals surface area contributed by atoms with Gasteiger partial charge in [-0.05, 0) is 49.2 Å². The number of urea groups is 1. The number of aryl methyl sites for hydroxylation is 1. The second-order valence-electron chi connectivity index (χ2n) is 6.36. The van der Waals surface area contributed by atoms with Crippen LogP contribution in [-0.4, -0.2) is 51.2 Å². The zero-order chi connectivity index (χ0) is 20.5. The van der Waals surface area contributed by atoms with Crippen LogP contribution >= 0.6 is 0 Å². The first kappa shape index (κ1) is 21.1. The van der Waals surface area contributed by atoms with Crippen LogP contribution in [0, 0.1) is 6.92 Å². The number of nitrogens with zero attached hydrogens (tertiary/aromatic N) is 1. The summed E-state index contributed by atoms with van der Waals surface area (Å²) in [6.45, 7) is 3.07. The van der Waals surface area contributed by atoms with E-state index in [0.717, 1.165) is 11.3 Å². The number of ether oxygens (including phenoxy) is 2. The molecule has 0 aliphatic heterocycles. The van der Waals surface area contributed by atoms with Gasteiger partial charge in [0.15, 0.2) is 0 Å². The smallest absolute Gasteiger partial charge is 0.321 e. The van der Waals surface area contributed by atoms with Gasteiger partial charge in [-0.25, -0.2) is 4.79 Å². The number of rotatable bonds is 8. The minimum Gasteiger partial charge on any atom is -0.496 e. The number of amides is 3. The fourth-order valence-corrected chi connectivity index (χ4v) is 2.62. The van der Waals surface area contributed by atoms with Gasteiger partial charge in [0.2, 0.25) is 0 Å². The fraction of sp³-hybridized carbons (Fsp3) is 0.333. The molecule has 2 aromatic rings. The Hall–Kier alpha value is -3.22. The Morgan fingerprint density at radius 3 is 2.61 bits per heavy atom. The van der Waals surface area contributed by atoms with E-state index in [9.17, 15) is 9.59 Å². The summed E-state index contributed by atoms with van der Waals surface area (Å²) in [7, 11) is 4.75. The topological polar surface area (TPSA) is 79.9 Å². The van der Waals surface area contributed by atoms with Gasteiger partial charge in [0.25, 0.3) is 5.91 Å². The summed E-state index contributed by atoms with van der Waals surface area (Å²) in [5.41, 5.74) is 2.02. The SMILES string of the molecule is CNC(=O)c1cc(NC(=O)N(C)CCCOc2cccc(C)c2)ccc1OC. The molecule has 0 radical (unpaired) electrons. The maximum absolute atomic E-state index is 12.4. The van der Waals surface area contributed by atoms with Crippen LogP contribution in [0.15, 0.2) is 42.5 Å². The zero-order valence-electron chi connectivity index (χ0n) is 16.7. The van der Waals surface area contributed by atoms with Gasteiger partial charge in [0.05, 0.1) is 19.3 Å². The number of carbonyl (C=O) groups excluding carboxylic acids is 2. The number of benzene rings is 2. The first-order valence-corrected chi connectivity index (χ1v) is 9.06. The largest absolute Gasteiger partial charge is 0.496 e. The Balaban J connectivity index is 1.85. The number of carbonyl (C=O) groups is 2. The average molecular weight is 385 g/mol. The van der Waals surface area contributed by atoms with Crippen LogP contribution in [0.2, 0.25) is 0 Å². The van der Waals surface area contributed by atoms with Gasteiger partial charge in [-0.3, -0.25) is 4.79 Å². The maximum Gasteiger partial charge on any atom is 0.321 e. The molecule has 0 saturated carbocycles. The summed E-state index contributed by atoms with van der Waals surface area (Å²) in [6.07, 6.45) is 0.698. The van der Waals surface area contributed by atoms with Gasteiger partial charge in [0, 0.05) is 26.3 Å². The maximum atomic E-state index is 12.4. The van der Waals surface area contributed by atoms with E-state index >= 15 is 0 Å². The zero-order valence-corrected chi connectivity index (χ0v) is 16.7. The van der Waals surface area contributed by atoms with E-state index in [4.69, 9.17) is 9.47 Å². The molecule has 0 heterocycles. The Bertz CT molecular complexity index is 823. The van der Waals surface area contributed by atoms with E-state index in [1.165, 1.54) is 7.11 Å². The van der Waals surface area contributed by atoms with Crippen molar-refractivity contribution in [3.63, 3.8) is 0 Å². The summed E-state index contributed by atoms with van der Waals surface area (Å²) in [5.74, 6) is 0.987. The molecule has 7 heteroatoms. The lowest BCUT2D eigenvalue weighted by Crippen LogP contribution is -2.32. The molecular weight excluding hydrogens is 358 g/mol. The number of hydrogen-bond donors (Lipinski definition) is 2. The van der Waals surface area contributed by atoms with Crippen LogP contribution in [0.4, 0.5) is 10.5 Å². The molecule has 28 heavy (non-hydrogen) atoms. The molecule has 0 bridgehead atoms. The summed E-state index contributed by atoms with van der Waals surface area (Å²) in [4.78, 5) is 25.9. The molecule has 3 amide bonds. The van der Waals surface area contributed by atoms with Gasteiger partial charge < -0.3 is 25.0 Å². The van der Waals surface area contributed by atoms with E-state index < -0.39 is 0 Å². The standard InChI is InChI=1S/C21H27N3O4/c1-15-7-5-8-17(13-15)28-12-6-11-24(3)21(26)23-16-9-10-19(27-4)18(14-16)20(25)22-2/h5,7-10,13-14H,6,11-12H2,1-4H3,(H,22,25)(H,23,26).